The molecule has 27 heavy (non-hydrogen) atoms. The minimum atomic E-state index is -1.27. The summed E-state index contributed by atoms with van der Waals surface area (Å²) in [5.41, 5.74) is 0. The van der Waals surface area contributed by atoms with E-state index in [0.717, 1.165) is 0 Å². The number of rotatable bonds is 6. The van der Waals surface area contributed by atoms with Gasteiger partial charge < -0.3 is 0 Å². The molecule has 0 atom stereocenters. The van der Waals surface area contributed by atoms with Crippen LogP contribution in [-0.2, 0) is 23.2 Å². The Morgan fingerprint density at radius 1 is 0.519 bits per heavy atom. The Kier molecular flexibility index (Phi) is 6.89. The molecule has 0 unspecified atom stereocenters. The van der Waals surface area contributed by atoms with Crippen molar-refractivity contribution in [3.8, 4) is 0 Å². The van der Waals surface area contributed by atoms with Crippen LogP contribution < -0.4 is 0 Å². The predicted octanol–water partition coefficient (Wildman–Crippen LogP) is 7.75. The number of hydrogen-bond donors (Lipinski definition) is 0. The zero-order valence-electron chi connectivity index (χ0n) is 20.1. The Morgan fingerprint density at radius 2 is 0.815 bits per heavy atom. The maximum absolute atomic E-state index is 2.68. The molecule has 150 valence electrons. The van der Waals surface area contributed by atoms with Gasteiger partial charge >= 0.3 is 186 Å². The van der Waals surface area contributed by atoms with E-state index in [1.54, 1.807) is 0 Å². The second-order valence-corrected chi connectivity index (χ2v) is 35.8. The first kappa shape index (κ1) is 24.0. The van der Waals surface area contributed by atoms with E-state index in [1.165, 1.54) is 12.8 Å². The summed E-state index contributed by atoms with van der Waals surface area (Å²) in [4.78, 5) is 0. The van der Waals surface area contributed by atoms with Crippen LogP contribution in [0.3, 0.4) is 0 Å². The number of hydrogen-bond acceptors (Lipinski definition) is 0. The van der Waals surface area contributed by atoms with Crippen LogP contribution in [0, 0.1) is 0 Å². The molecular formula is C22H42Si4Zr. The van der Waals surface area contributed by atoms with Crippen molar-refractivity contribution in [2.45, 2.75) is 91.4 Å². The van der Waals surface area contributed by atoms with Gasteiger partial charge in [0.05, 0.1) is 0 Å². The van der Waals surface area contributed by atoms with Gasteiger partial charge in [-0.1, -0.05) is 0 Å². The zero-order chi connectivity index (χ0) is 21.0. The van der Waals surface area contributed by atoms with Crippen molar-refractivity contribution in [2.75, 3.05) is 0 Å². The quantitative estimate of drug-likeness (QED) is 0.321. The van der Waals surface area contributed by atoms with E-state index in [-0.39, 0.29) is 0 Å². The van der Waals surface area contributed by atoms with Gasteiger partial charge in [0.2, 0.25) is 0 Å². The van der Waals surface area contributed by atoms with Gasteiger partial charge in [-0.05, 0) is 0 Å². The van der Waals surface area contributed by atoms with Crippen LogP contribution in [0.5, 0.6) is 0 Å². The van der Waals surface area contributed by atoms with Crippen molar-refractivity contribution >= 4 is 32.3 Å². The molecule has 2 aliphatic carbocycles. The first-order chi connectivity index (χ1) is 11.9. The summed E-state index contributed by atoms with van der Waals surface area (Å²) < 4.78 is 3.93. The third-order valence-electron chi connectivity index (χ3n) is 5.84. The van der Waals surface area contributed by atoms with E-state index < -0.39 is 55.5 Å². The van der Waals surface area contributed by atoms with Gasteiger partial charge in [-0.25, -0.2) is 0 Å². The minimum absolute atomic E-state index is 0.747. The van der Waals surface area contributed by atoms with Crippen molar-refractivity contribution in [2.24, 2.45) is 0 Å². The summed E-state index contributed by atoms with van der Waals surface area (Å²) in [5.74, 6) is 0. The van der Waals surface area contributed by atoms with Crippen molar-refractivity contribution in [1.82, 2.24) is 0 Å². The van der Waals surface area contributed by atoms with E-state index in [2.05, 4.69) is 90.7 Å². The molecule has 0 saturated heterocycles. The van der Waals surface area contributed by atoms with Gasteiger partial charge in [0, 0.05) is 0 Å². The maximum atomic E-state index is 2.68. The molecule has 0 aliphatic heterocycles. The van der Waals surface area contributed by atoms with Crippen molar-refractivity contribution in [1.29, 1.82) is 0 Å². The van der Waals surface area contributed by atoms with Crippen LogP contribution in [0.2, 0.25) is 78.6 Å². The molecule has 0 radical (unpaired) electrons. The molecule has 0 saturated carbocycles. The topological polar surface area (TPSA) is 0 Å². The Labute approximate surface area is 185 Å². The van der Waals surface area contributed by atoms with Crippen LogP contribution in [-0.4, -0.2) is 32.3 Å². The van der Waals surface area contributed by atoms with E-state index in [4.69, 9.17) is 0 Å². The molecule has 0 amide bonds. The molecule has 5 heteroatoms. The summed E-state index contributed by atoms with van der Waals surface area (Å²) in [6.07, 6.45) is 7.93. The van der Waals surface area contributed by atoms with E-state index in [0.29, 0.717) is 0 Å². The van der Waals surface area contributed by atoms with Gasteiger partial charge in [-0.2, -0.15) is 0 Å². The zero-order valence-corrected chi connectivity index (χ0v) is 26.5. The van der Waals surface area contributed by atoms with E-state index >= 15 is 0 Å². The predicted molar refractivity (Wildman–Crippen MR) is 133 cm³/mol. The monoisotopic (exact) mass is 508 g/mol. The van der Waals surface area contributed by atoms with E-state index in [9.17, 15) is 0 Å². The molecule has 0 spiro atoms. The van der Waals surface area contributed by atoms with Gasteiger partial charge in [0.25, 0.3) is 0 Å². The molecule has 0 aromatic carbocycles. The van der Waals surface area contributed by atoms with E-state index in [1.807, 2.05) is 27.3 Å². The SMILES string of the molecule is C[Si](C)(C)C1=CCC([Si](C)(C)C)=[C]1[Zr][C]1=C([Si](C)(C)C)CC=C1[Si](C)(C)C. The van der Waals surface area contributed by atoms with Gasteiger partial charge in [0.1, 0.15) is 0 Å². The first-order valence-corrected chi connectivity index (χ1v) is 27.1. The molecule has 0 bridgehead atoms. The van der Waals surface area contributed by atoms with Crippen molar-refractivity contribution < 1.29 is 23.2 Å². The van der Waals surface area contributed by atoms with Crippen LogP contribution in [0.1, 0.15) is 12.8 Å². The molecular weight excluding hydrogens is 468 g/mol. The fourth-order valence-corrected chi connectivity index (χ4v) is 26.5. The van der Waals surface area contributed by atoms with Crippen LogP contribution >= 0.6 is 0 Å². The summed E-state index contributed by atoms with van der Waals surface area (Å²) in [7, 11) is -5.02. The van der Waals surface area contributed by atoms with Crippen molar-refractivity contribution in [3.63, 3.8) is 0 Å². The van der Waals surface area contributed by atoms with Crippen LogP contribution in [0.25, 0.3) is 0 Å². The molecule has 0 fully saturated rings. The molecule has 0 aromatic heterocycles. The second kappa shape index (κ2) is 7.76. The third-order valence-corrected chi connectivity index (χ3v) is 21.0. The Balaban J connectivity index is 2.63. The first-order valence-electron chi connectivity index (χ1n) is 10.6. The standard InChI is InChI=1S/2C11H21Si2.Zr/c2*1-12(2,3)10-7-8-11(9-10)13(4,5)6;/h2*7H,8H2,1-6H3;. The molecule has 2 rings (SSSR count). The summed E-state index contributed by atoms with van der Waals surface area (Å²) in [5, 5.41) is 7.57. The van der Waals surface area contributed by atoms with Crippen LogP contribution in [0.4, 0.5) is 0 Å². The molecule has 0 nitrogen and oxygen atoms in total. The summed E-state index contributed by atoms with van der Waals surface area (Å²) >= 11 is -0.747. The molecule has 0 heterocycles. The summed E-state index contributed by atoms with van der Waals surface area (Å²) in [6.45, 7) is 30.9. The average molecular weight is 510 g/mol. The third kappa shape index (κ3) is 5.45. The average Bonchev–Trinajstić information content (AvgIpc) is 2.99. The van der Waals surface area contributed by atoms with Gasteiger partial charge in [-0.3, -0.25) is 0 Å². The number of allylic oxidation sites excluding steroid dienone is 8. The molecule has 2 aliphatic rings. The fourth-order valence-electron chi connectivity index (χ4n) is 4.28. The van der Waals surface area contributed by atoms with Gasteiger partial charge in [-0.15, -0.1) is 0 Å². The Morgan fingerprint density at radius 3 is 1.04 bits per heavy atom. The summed E-state index contributed by atoms with van der Waals surface area (Å²) in [6, 6.07) is 0. The Hall–Kier alpha value is 0.711. The fraction of sp³-hybridized carbons (Fsp3) is 0.636. The second-order valence-electron chi connectivity index (χ2n) is 12.5. The normalized spacial score (nSPS) is 19.7. The molecule has 0 aromatic rings. The Bertz CT molecular complexity index is 675. The molecule has 0 N–H and O–H groups in total. The van der Waals surface area contributed by atoms with Crippen LogP contribution in [0.15, 0.2) is 39.5 Å². The van der Waals surface area contributed by atoms with Gasteiger partial charge in [0.15, 0.2) is 0 Å². The van der Waals surface area contributed by atoms with Crippen molar-refractivity contribution in [3.05, 3.63) is 39.5 Å².